The largest absolute Gasteiger partial charge is 0.507 e. The van der Waals surface area contributed by atoms with Crippen LogP contribution in [-0.4, -0.2) is 61.5 Å². The number of hydrogen-bond acceptors (Lipinski definition) is 8. The molecule has 5 rings (SSSR count). The van der Waals surface area contributed by atoms with E-state index in [2.05, 4.69) is 0 Å². The highest BCUT2D eigenvalue weighted by molar-refractivity contribution is 6.09. The quantitative estimate of drug-likeness (QED) is 0.278. The number of Topliss-reactive ketones (excluding diaryl/α,β-unsaturated/α-hetero) is 3. The van der Waals surface area contributed by atoms with Crippen LogP contribution in [0, 0.1) is 34.5 Å². The molecule has 2 unspecified atom stereocenters. The smallest absolute Gasteiger partial charge is 0.230 e. The summed E-state index contributed by atoms with van der Waals surface area (Å²) in [6, 6.07) is 10.0. The van der Waals surface area contributed by atoms with Gasteiger partial charge in [-0.05, 0) is 59.8 Å². The Kier molecular flexibility index (Phi) is 6.61. The van der Waals surface area contributed by atoms with Gasteiger partial charge in [-0.2, -0.15) is 0 Å². The summed E-state index contributed by atoms with van der Waals surface area (Å²) < 4.78 is 0. The number of carbonyl (C=O) groups excluding carboxylic acids is 4. The summed E-state index contributed by atoms with van der Waals surface area (Å²) in [5.74, 6) is -7.36. The van der Waals surface area contributed by atoms with Crippen molar-refractivity contribution < 1.29 is 39.6 Å². The Morgan fingerprint density at radius 1 is 1.02 bits per heavy atom. The second kappa shape index (κ2) is 9.31. The van der Waals surface area contributed by atoms with Crippen molar-refractivity contribution in [2.75, 3.05) is 0 Å². The fourth-order valence-corrected chi connectivity index (χ4v) is 8.69. The molecule has 0 spiro atoms. The first-order valence-electron chi connectivity index (χ1n) is 13.9. The SMILES string of the molecule is CC(=O)c1ccc(-c2ccc(O)c3c2C[C@]2(C)C[C@]4(C)[C@@H](C(C)C)C(O)[C@@H](C(N)=O)C(=O)[C@]4(O)C(O)[C@H]2C3=O)cc1. The number of aliphatic hydroxyl groups excluding tert-OH is 2. The van der Waals surface area contributed by atoms with Crippen LogP contribution in [0.25, 0.3) is 11.1 Å². The Morgan fingerprint density at radius 2 is 1.63 bits per heavy atom. The summed E-state index contributed by atoms with van der Waals surface area (Å²) in [7, 11) is 0. The minimum atomic E-state index is -2.55. The van der Waals surface area contributed by atoms with Crippen molar-refractivity contribution in [2.45, 2.75) is 65.3 Å². The summed E-state index contributed by atoms with van der Waals surface area (Å²) in [6.07, 6.45) is -3.12. The lowest BCUT2D eigenvalue weighted by Gasteiger charge is -2.66. The topological polar surface area (TPSA) is 175 Å². The summed E-state index contributed by atoms with van der Waals surface area (Å²) in [6.45, 7) is 8.52. The average Bonchev–Trinajstić information content (AvgIpc) is 2.86. The van der Waals surface area contributed by atoms with Crippen LogP contribution in [0.15, 0.2) is 36.4 Å². The molecule has 0 heterocycles. The van der Waals surface area contributed by atoms with Gasteiger partial charge in [0.25, 0.3) is 0 Å². The number of carbonyl (C=O) groups is 4. The van der Waals surface area contributed by atoms with Crippen LogP contribution in [0.1, 0.15) is 67.3 Å². The Morgan fingerprint density at radius 3 is 2.17 bits per heavy atom. The fourth-order valence-electron chi connectivity index (χ4n) is 8.69. The van der Waals surface area contributed by atoms with E-state index in [0.717, 1.165) is 5.56 Å². The summed E-state index contributed by atoms with van der Waals surface area (Å²) >= 11 is 0. The molecule has 41 heavy (non-hydrogen) atoms. The van der Waals surface area contributed by atoms with E-state index in [9.17, 15) is 39.6 Å². The van der Waals surface area contributed by atoms with Gasteiger partial charge < -0.3 is 26.2 Å². The molecule has 8 atom stereocenters. The predicted molar refractivity (Wildman–Crippen MR) is 149 cm³/mol. The number of rotatable bonds is 4. The van der Waals surface area contributed by atoms with Crippen molar-refractivity contribution in [2.24, 2.45) is 40.2 Å². The molecule has 0 radical (unpaired) electrons. The molecular formula is C32H37NO8. The number of aromatic hydroxyl groups is 1. The second-order valence-electron chi connectivity index (χ2n) is 13.1. The zero-order chi connectivity index (χ0) is 30.4. The Balaban J connectivity index is 1.71. The molecule has 3 aliphatic carbocycles. The van der Waals surface area contributed by atoms with Crippen molar-refractivity contribution >= 4 is 23.3 Å². The van der Waals surface area contributed by atoms with Gasteiger partial charge in [-0.1, -0.05) is 58.0 Å². The van der Waals surface area contributed by atoms with Gasteiger partial charge in [0.1, 0.15) is 17.8 Å². The van der Waals surface area contributed by atoms with Gasteiger partial charge >= 0.3 is 0 Å². The minimum Gasteiger partial charge on any atom is -0.507 e. The van der Waals surface area contributed by atoms with Crippen LogP contribution in [0.2, 0.25) is 0 Å². The maximum atomic E-state index is 14.2. The Labute approximate surface area is 238 Å². The lowest BCUT2D eigenvalue weighted by Crippen LogP contribution is -2.79. The highest BCUT2D eigenvalue weighted by Gasteiger charge is 2.75. The van der Waals surface area contributed by atoms with Crippen molar-refractivity contribution in [3.63, 3.8) is 0 Å². The van der Waals surface area contributed by atoms with Gasteiger partial charge in [-0.3, -0.25) is 19.2 Å². The lowest BCUT2D eigenvalue weighted by molar-refractivity contribution is -0.265. The first-order valence-corrected chi connectivity index (χ1v) is 13.9. The molecule has 0 aromatic heterocycles. The number of nitrogens with two attached hydrogens (primary N) is 1. The zero-order valence-electron chi connectivity index (χ0n) is 23.8. The van der Waals surface area contributed by atoms with E-state index in [0.29, 0.717) is 16.7 Å². The molecule has 6 N–H and O–H groups in total. The molecule has 9 nitrogen and oxygen atoms in total. The molecule has 0 saturated heterocycles. The van der Waals surface area contributed by atoms with Crippen molar-refractivity contribution in [3.05, 3.63) is 53.1 Å². The van der Waals surface area contributed by atoms with Crippen LogP contribution in [0.4, 0.5) is 0 Å². The molecule has 2 aromatic rings. The monoisotopic (exact) mass is 563 g/mol. The average molecular weight is 564 g/mol. The van der Waals surface area contributed by atoms with Crippen LogP contribution in [0.5, 0.6) is 5.75 Å². The van der Waals surface area contributed by atoms with Gasteiger partial charge in [0.05, 0.1) is 17.6 Å². The highest BCUT2D eigenvalue weighted by atomic mass is 16.4. The molecule has 2 fully saturated rings. The van der Waals surface area contributed by atoms with Gasteiger partial charge in [0, 0.05) is 11.0 Å². The third-order valence-electron chi connectivity index (χ3n) is 10.3. The standard InChI is InChI=1S/C32H37NO8/c1-14(2)23-26(37)22(29(33)40)27(38)32(41)28(39)24-25(36)21-19(12-30(24,4)13-31(23,32)5)18(10-11-20(21)35)17-8-6-16(7-9-17)15(3)34/h6-11,14,22-24,26,28,35,37,39,41H,12-13H2,1-5H3,(H2,33,40)/t22-,23+,24-,26?,28?,30-,31-,32+/m1/s1. The highest BCUT2D eigenvalue weighted by Crippen LogP contribution is 2.66. The number of benzene rings is 2. The van der Waals surface area contributed by atoms with Crippen LogP contribution < -0.4 is 5.73 Å². The van der Waals surface area contributed by atoms with Gasteiger partial charge in [-0.15, -0.1) is 0 Å². The van der Waals surface area contributed by atoms with Gasteiger partial charge in [-0.25, -0.2) is 0 Å². The van der Waals surface area contributed by atoms with Crippen molar-refractivity contribution in [3.8, 4) is 16.9 Å². The normalized spacial score (nSPS) is 36.4. The third kappa shape index (κ3) is 3.78. The number of primary amides is 1. The van der Waals surface area contributed by atoms with E-state index in [-0.39, 0.29) is 35.9 Å². The summed E-state index contributed by atoms with van der Waals surface area (Å²) in [5, 5.41) is 46.2. The number of hydrogen-bond donors (Lipinski definition) is 5. The number of phenols is 1. The fraction of sp³-hybridized carbons (Fsp3) is 0.500. The van der Waals surface area contributed by atoms with Gasteiger partial charge in [0.2, 0.25) is 5.91 Å². The molecular weight excluding hydrogens is 526 g/mol. The number of phenolic OH excluding ortho intramolecular Hbond substituents is 1. The molecule has 0 aliphatic heterocycles. The first kappa shape index (κ1) is 29.1. The molecule has 2 saturated carbocycles. The van der Waals surface area contributed by atoms with E-state index in [1.54, 1.807) is 51.1 Å². The second-order valence-corrected chi connectivity index (χ2v) is 13.1. The maximum Gasteiger partial charge on any atom is 0.230 e. The number of ketones is 3. The van der Waals surface area contributed by atoms with E-state index in [1.807, 2.05) is 6.92 Å². The molecule has 3 aliphatic rings. The summed E-state index contributed by atoms with van der Waals surface area (Å²) in [5.41, 5.74) is 3.04. The molecule has 9 heteroatoms. The molecule has 1 amide bonds. The Hall–Kier alpha value is -3.40. The molecule has 0 bridgehead atoms. The molecule has 2 aromatic carbocycles. The van der Waals surface area contributed by atoms with Crippen LogP contribution in [0.3, 0.4) is 0 Å². The third-order valence-corrected chi connectivity index (χ3v) is 10.3. The van der Waals surface area contributed by atoms with E-state index in [1.165, 1.54) is 13.0 Å². The maximum absolute atomic E-state index is 14.2. The number of amides is 1. The Bertz CT molecular complexity index is 1480. The van der Waals surface area contributed by atoms with E-state index < -0.39 is 63.9 Å². The minimum absolute atomic E-state index is 0.00188. The van der Waals surface area contributed by atoms with Crippen molar-refractivity contribution in [1.29, 1.82) is 0 Å². The summed E-state index contributed by atoms with van der Waals surface area (Å²) in [4.78, 5) is 52.1. The van der Waals surface area contributed by atoms with E-state index in [4.69, 9.17) is 5.73 Å². The van der Waals surface area contributed by atoms with Crippen molar-refractivity contribution in [1.82, 2.24) is 0 Å². The first-order chi connectivity index (χ1) is 19.0. The van der Waals surface area contributed by atoms with E-state index >= 15 is 0 Å². The zero-order valence-corrected chi connectivity index (χ0v) is 23.8. The number of fused-ring (bicyclic) bond motifs is 3. The van der Waals surface area contributed by atoms with Crippen LogP contribution >= 0.6 is 0 Å². The van der Waals surface area contributed by atoms with Crippen LogP contribution in [-0.2, 0) is 16.0 Å². The number of aliphatic hydroxyl groups is 3. The molecule has 218 valence electrons. The predicted octanol–water partition coefficient (Wildman–Crippen LogP) is 2.44. The van der Waals surface area contributed by atoms with Gasteiger partial charge in [0.15, 0.2) is 23.0 Å². The lowest BCUT2D eigenvalue weighted by atomic mass is 9.39.